The Hall–Kier alpha value is -2.57. The Morgan fingerprint density at radius 2 is 1.82 bits per heavy atom. The summed E-state index contributed by atoms with van der Waals surface area (Å²) in [4.78, 5) is 40.2. The van der Waals surface area contributed by atoms with Crippen molar-refractivity contribution in [2.24, 2.45) is 5.92 Å². The highest BCUT2D eigenvalue weighted by Gasteiger charge is 2.36. The van der Waals surface area contributed by atoms with Crippen LogP contribution in [0.3, 0.4) is 0 Å². The second-order valence-corrected chi connectivity index (χ2v) is 7.39. The van der Waals surface area contributed by atoms with Crippen LogP contribution in [-0.2, 0) is 20.7 Å². The van der Waals surface area contributed by atoms with Crippen LogP contribution in [-0.4, -0.2) is 55.1 Å². The van der Waals surface area contributed by atoms with Gasteiger partial charge in [-0.1, -0.05) is 19.1 Å². The molecule has 7 nitrogen and oxygen atoms in total. The number of rotatable bonds is 5. The molecule has 1 atom stereocenters. The molecule has 0 aliphatic carbocycles. The van der Waals surface area contributed by atoms with Gasteiger partial charge in [-0.3, -0.25) is 9.59 Å². The molecular formula is C21H29N3O4. The first-order valence-electron chi connectivity index (χ1n) is 10.1. The summed E-state index contributed by atoms with van der Waals surface area (Å²) >= 11 is 0. The lowest BCUT2D eigenvalue weighted by Crippen LogP contribution is -2.48. The van der Waals surface area contributed by atoms with Gasteiger partial charge in [0.1, 0.15) is 0 Å². The third-order valence-electron chi connectivity index (χ3n) is 5.52. The fourth-order valence-corrected chi connectivity index (χ4v) is 3.78. The number of nitrogens with one attached hydrogen (secondary N) is 1. The van der Waals surface area contributed by atoms with E-state index < -0.39 is 0 Å². The summed E-state index contributed by atoms with van der Waals surface area (Å²) in [6.07, 6.45) is 2.30. The maximum absolute atomic E-state index is 12.7. The number of nitrogens with zero attached hydrogens (tertiary/aromatic N) is 2. The lowest BCUT2D eigenvalue weighted by molar-refractivity contribution is -0.127. The zero-order chi connectivity index (χ0) is 20.1. The molecule has 1 N–H and O–H groups in total. The molecule has 1 aromatic carbocycles. The molecule has 2 aliphatic heterocycles. The molecule has 2 heterocycles. The quantitative estimate of drug-likeness (QED) is 0.841. The molecule has 0 saturated carbocycles. The summed E-state index contributed by atoms with van der Waals surface area (Å²) in [6.45, 7) is 5.80. The van der Waals surface area contributed by atoms with Crippen molar-refractivity contribution in [1.29, 1.82) is 0 Å². The number of carbonyl (C=O) groups excluding carboxylic acids is 3. The summed E-state index contributed by atoms with van der Waals surface area (Å²) in [6, 6.07) is 7.97. The van der Waals surface area contributed by atoms with E-state index in [-0.39, 0.29) is 36.3 Å². The van der Waals surface area contributed by atoms with Crippen molar-refractivity contribution in [2.75, 3.05) is 31.1 Å². The van der Waals surface area contributed by atoms with Crippen LogP contribution in [0.25, 0.3) is 0 Å². The lowest BCUT2D eigenvalue weighted by Gasteiger charge is -2.32. The van der Waals surface area contributed by atoms with Crippen molar-refractivity contribution in [3.63, 3.8) is 0 Å². The average Bonchev–Trinajstić information content (AvgIpc) is 3.10. The van der Waals surface area contributed by atoms with Gasteiger partial charge in [-0.15, -0.1) is 0 Å². The predicted molar refractivity (Wildman–Crippen MR) is 106 cm³/mol. The minimum Gasteiger partial charge on any atom is -0.450 e. The molecule has 0 aromatic heterocycles. The summed E-state index contributed by atoms with van der Waals surface area (Å²) in [7, 11) is 0. The van der Waals surface area contributed by atoms with Gasteiger partial charge in [-0.2, -0.15) is 0 Å². The molecule has 2 aliphatic rings. The highest BCUT2D eigenvalue weighted by Crippen LogP contribution is 2.26. The van der Waals surface area contributed by atoms with Gasteiger partial charge in [0.2, 0.25) is 11.8 Å². The van der Waals surface area contributed by atoms with Crippen LogP contribution < -0.4 is 10.2 Å². The standard InChI is InChI=1S/C21H29N3O4/c1-3-15-5-7-18(8-6-15)24-14-16(13-19(24)25)20(26)22-17-9-11-23(12-10-17)21(27)28-4-2/h5-8,16-17H,3-4,9-14H2,1-2H3,(H,22,26)/t16-/m0/s1. The fraction of sp³-hybridized carbons (Fsp3) is 0.571. The van der Waals surface area contributed by atoms with Crippen molar-refractivity contribution in [2.45, 2.75) is 45.6 Å². The van der Waals surface area contributed by atoms with Crippen molar-refractivity contribution >= 4 is 23.6 Å². The van der Waals surface area contributed by atoms with Crippen molar-refractivity contribution < 1.29 is 19.1 Å². The highest BCUT2D eigenvalue weighted by atomic mass is 16.6. The zero-order valence-corrected chi connectivity index (χ0v) is 16.6. The van der Waals surface area contributed by atoms with Gasteiger partial charge in [0, 0.05) is 37.8 Å². The first kappa shape index (κ1) is 20.2. The molecule has 0 radical (unpaired) electrons. The van der Waals surface area contributed by atoms with E-state index in [0.717, 1.165) is 12.1 Å². The molecule has 0 unspecified atom stereocenters. The van der Waals surface area contributed by atoms with Crippen LogP contribution in [0.1, 0.15) is 38.7 Å². The van der Waals surface area contributed by atoms with Gasteiger partial charge in [0.25, 0.3) is 0 Å². The smallest absolute Gasteiger partial charge is 0.409 e. The van der Waals surface area contributed by atoms with E-state index in [4.69, 9.17) is 4.74 Å². The molecule has 3 amide bonds. The molecule has 0 bridgehead atoms. The molecular weight excluding hydrogens is 358 g/mol. The largest absolute Gasteiger partial charge is 0.450 e. The summed E-state index contributed by atoms with van der Waals surface area (Å²) in [5, 5.41) is 3.07. The van der Waals surface area contributed by atoms with Gasteiger partial charge in [0.05, 0.1) is 12.5 Å². The number of amides is 3. The number of carbonyl (C=O) groups is 3. The second-order valence-electron chi connectivity index (χ2n) is 7.39. The molecule has 152 valence electrons. The van der Waals surface area contributed by atoms with E-state index in [0.29, 0.717) is 39.1 Å². The van der Waals surface area contributed by atoms with Gasteiger partial charge in [0.15, 0.2) is 0 Å². The Morgan fingerprint density at radius 3 is 2.43 bits per heavy atom. The van der Waals surface area contributed by atoms with Crippen LogP contribution in [0.4, 0.5) is 10.5 Å². The number of hydrogen-bond acceptors (Lipinski definition) is 4. The molecule has 2 saturated heterocycles. The van der Waals surface area contributed by atoms with Gasteiger partial charge in [-0.05, 0) is 43.9 Å². The van der Waals surface area contributed by atoms with E-state index in [1.807, 2.05) is 24.3 Å². The topological polar surface area (TPSA) is 79.0 Å². The number of aryl methyl sites for hydroxylation is 1. The number of likely N-dealkylation sites (tertiary alicyclic amines) is 1. The van der Waals surface area contributed by atoms with Crippen LogP contribution in [0.2, 0.25) is 0 Å². The zero-order valence-electron chi connectivity index (χ0n) is 16.6. The van der Waals surface area contributed by atoms with E-state index in [9.17, 15) is 14.4 Å². The first-order chi connectivity index (χ1) is 13.5. The summed E-state index contributed by atoms with van der Waals surface area (Å²) < 4.78 is 5.02. The number of hydrogen-bond donors (Lipinski definition) is 1. The maximum atomic E-state index is 12.7. The lowest BCUT2D eigenvalue weighted by atomic mass is 10.0. The van der Waals surface area contributed by atoms with Gasteiger partial charge in [-0.25, -0.2) is 4.79 Å². The Balaban J connectivity index is 1.50. The number of benzene rings is 1. The highest BCUT2D eigenvalue weighted by molar-refractivity contribution is 6.00. The van der Waals surface area contributed by atoms with Crippen LogP contribution in [0, 0.1) is 5.92 Å². The molecule has 7 heteroatoms. The van der Waals surface area contributed by atoms with Crippen LogP contribution in [0.15, 0.2) is 24.3 Å². The molecule has 3 rings (SSSR count). The van der Waals surface area contributed by atoms with Gasteiger partial charge >= 0.3 is 6.09 Å². The third-order valence-corrected chi connectivity index (χ3v) is 5.52. The Kier molecular flexibility index (Phi) is 6.54. The van der Waals surface area contributed by atoms with Crippen LogP contribution >= 0.6 is 0 Å². The van der Waals surface area contributed by atoms with E-state index in [1.165, 1.54) is 5.56 Å². The third kappa shape index (κ3) is 4.64. The van der Waals surface area contributed by atoms with Crippen molar-refractivity contribution in [1.82, 2.24) is 10.2 Å². The number of ether oxygens (including phenoxy) is 1. The maximum Gasteiger partial charge on any atom is 0.409 e. The average molecular weight is 387 g/mol. The van der Waals surface area contributed by atoms with Crippen molar-refractivity contribution in [3.8, 4) is 0 Å². The predicted octanol–water partition coefficient (Wildman–Crippen LogP) is 2.34. The normalized spacial score (nSPS) is 20.4. The number of anilines is 1. The Bertz CT molecular complexity index is 711. The fourth-order valence-electron chi connectivity index (χ4n) is 3.78. The molecule has 28 heavy (non-hydrogen) atoms. The molecule has 2 fully saturated rings. The minimum absolute atomic E-state index is 0.0125. The van der Waals surface area contributed by atoms with E-state index in [2.05, 4.69) is 12.2 Å². The summed E-state index contributed by atoms with van der Waals surface area (Å²) in [5.74, 6) is -0.418. The summed E-state index contributed by atoms with van der Waals surface area (Å²) in [5.41, 5.74) is 2.07. The van der Waals surface area contributed by atoms with E-state index >= 15 is 0 Å². The Labute approximate surface area is 166 Å². The molecule has 1 aromatic rings. The van der Waals surface area contributed by atoms with Crippen LogP contribution in [0.5, 0.6) is 0 Å². The van der Waals surface area contributed by atoms with Crippen molar-refractivity contribution in [3.05, 3.63) is 29.8 Å². The first-order valence-corrected chi connectivity index (χ1v) is 10.1. The molecule has 0 spiro atoms. The minimum atomic E-state index is -0.332. The SMILES string of the molecule is CCOC(=O)N1CCC(NC(=O)[C@H]2CC(=O)N(c3ccc(CC)cc3)C2)CC1. The van der Waals surface area contributed by atoms with E-state index in [1.54, 1.807) is 16.7 Å². The van der Waals surface area contributed by atoms with Gasteiger partial charge < -0.3 is 19.9 Å². The second kappa shape index (κ2) is 9.08. The Morgan fingerprint density at radius 1 is 1.14 bits per heavy atom. The number of piperidine rings is 1. The monoisotopic (exact) mass is 387 g/mol.